The molecule has 20 heavy (non-hydrogen) atoms. The molecule has 0 fully saturated rings. The molecule has 0 saturated heterocycles. The van der Waals surface area contributed by atoms with Crippen molar-refractivity contribution in [2.75, 3.05) is 0 Å². The number of alkyl halides is 3. The molecule has 1 heterocycles. The molecule has 0 atom stereocenters. The summed E-state index contributed by atoms with van der Waals surface area (Å²) < 4.78 is 45.4. The molecule has 0 unspecified atom stereocenters. The summed E-state index contributed by atoms with van der Waals surface area (Å²) >= 11 is 0. The lowest BCUT2D eigenvalue weighted by molar-refractivity contribution is -0.218. The molecule has 1 aromatic carbocycles. The maximum Gasteiger partial charge on any atom is 0.393 e. The summed E-state index contributed by atoms with van der Waals surface area (Å²) in [6, 6.07) is 5.40. The minimum atomic E-state index is -4.34. The maximum atomic E-state index is 13.3. The van der Waals surface area contributed by atoms with Crippen molar-refractivity contribution in [2.24, 2.45) is 5.41 Å². The zero-order valence-electron chi connectivity index (χ0n) is 12.2. The molecular formula is C13H16B2F3NO. The van der Waals surface area contributed by atoms with Gasteiger partial charge in [-0.2, -0.15) is 13.2 Å². The summed E-state index contributed by atoms with van der Waals surface area (Å²) in [4.78, 5) is 4.24. The number of halogens is 3. The molecule has 2 nitrogen and oxygen atoms in total. The van der Waals surface area contributed by atoms with Crippen LogP contribution in [0.4, 0.5) is 13.2 Å². The molecule has 0 radical (unpaired) electrons. The number of benzene rings is 1. The van der Waals surface area contributed by atoms with E-state index in [4.69, 9.17) is 4.42 Å². The van der Waals surface area contributed by atoms with Gasteiger partial charge >= 0.3 is 6.18 Å². The highest BCUT2D eigenvalue weighted by atomic mass is 19.4. The second kappa shape index (κ2) is 4.30. The Labute approximate surface area is 117 Å². The molecule has 0 spiro atoms. The Morgan fingerprint density at radius 1 is 1.15 bits per heavy atom. The largest absolute Gasteiger partial charge is 0.442 e. The van der Waals surface area contributed by atoms with E-state index < -0.39 is 16.8 Å². The minimum Gasteiger partial charge on any atom is -0.442 e. The number of oxazole rings is 1. The molecule has 0 aliphatic carbocycles. The topological polar surface area (TPSA) is 26.0 Å². The Kier molecular flexibility index (Phi) is 3.23. The second-order valence-corrected chi connectivity index (χ2v) is 6.24. The van der Waals surface area contributed by atoms with Crippen LogP contribution in [0.25, 0.3) is 11.1 Å². The van der Waals surface area contributed by atoms with Crippen molar-refractivity contribution in [1.82, 2.24) is 4.98 Å². The van der Waals surface area contributed by atoms with Crippen molar-refractivity contribution in [2.45, 2.75) is 32.2 Å². The highest BCUT2D eigenvalue weighted by Crippen LogP contribution is 2.48. The van der Waals surface area contributed by atoms with Gasteiger partial charge < -0.3 is 4.42 Å². The molecule has 2 rings (SSSR count). The van der Waals surface area contributed by atoms with Crippen LogP contribution in [-0.4, -0.2) is 26.9 Å². The quantitative estimate of drug-likeness (QED) is 0.788. The lowest BCUT2D eigenvalue weighted by atomic mass is 9.42. The molecule has 2 aromatic rings. The van der Waals surface area contributed by atoms with Crippen LogP contribution in [0, 0.1) is 12.3 Å². The zero-order chi connectivity index (χ0) is 15.3. The number of fused-ring (bicyclic) bond motifs is 1. The first-order valence-electron chi connectivity index (χ1n) is 6.41. The molecule has 0 saturated carbocycles. The van der Waals surface area contributed by atoms with Crippen molar-refractivity contribution < 1.29 is 17.6 Å². The number of hydrogen-bond donors (Lipinski definition) is 0. The highest BCUT2D eigenvalue weighted by molar-refractivity contribution is 6.40. The monoisotopic (exact) mass is 281 g/mol. The van der Waals surface area contributed by atoms with Gasteiger partial charge in [0, 0.05) is 5.21 Å². The molecule has 7 heteroatoms. The number of nitrogens with zero attached hydrogens (tertiary/aromatic N) is 1. The van der Waals surface area contributed by atoms with Crippen LogP contribution in [-0.2, 0) is 5.21 Å². The van der Waals surface area contributed by atoms with Crippen LogP contribution in [0.2, 0.25) is 0 Å². The van der Waals surface area contributed by atoms with E-state index in [0.717, 1.165) is 5.56 Å². The first kappa shape index (κ1) is 15.0. The predicted octanol–water partition coefficient (Wildman–Crippen LogP) is 2.14. The van der Waals surface area contributed by atoms with Crippen molar-refractivity contribution in [1.29, 1.82) is 0 Å². The van der Waals surface area contributed by atoms with Crippen LogP contribution < -0.4 is 0 Å². The minimum absolute atomic E-state index is 0.112. The van der Waals surface area contributed by atoms with Crippen molar-refractivity contribution in [3.05, 3.63) is 29.7 Å². The fraction of sp³-hybridized carbons (Fsp3) is 0.462. The Morgan fingerprint density at radius 3 is 2.30 bits per heavy atom. The third-order valence-electron chi connectivity index (χ3n) is 4.35. The van der Waals surface area contributed by atoms with E-state index in [9.17, 15) is 13.2 Å². The fourth-order valence-corrected chi connectivity index (χ4v) is 1.92. The first-order valence-corrected chi connectivity index (χ1v) is 6.41. The second-order valence-electron chi connectivity index (χ2n) is 6.24. The SMILES string of the molecule is BC(B)(c1nc2ccc(C)cc2o1)C(C)(C)C(F)(F)F. The van der Waals surface area contributed by atoms with Crippen LogP contribution in [0.1, 0.15) is 25.3 Å². The van der Waals surface area contributed by atoms with Crippen LogP contribution in [0.15, 0.2) is 22.6 Å². The first-order chi connectivity index (χ1) is 8.97. The average Bonchev–Trinajstić information content (AvgIpc) is 2.70. The van der Waals surface area contributed by atoms with Gasteiger partial charge in [-0.15, -0.1) is 0 Å². The molecule has 106 valence electrons. The smallest absolute Gasteiger partial charge is 0.393 e. The van der Waals surface area contributed by atoms with E-state index in [-0.39, 0.29) is 5.89 Å². The highest BCUT2D eigenvalue weighted by Gasteiger charge is 2.58. The molecule has 0 amide bonds. The summed E-state index contributed by atoms with van der Waals surface area (Å²) in [7, 11) is 3.02. The normalized spacial score (nSPS) is 13.9. The fourth-order valence-electron chi connectivity index (χ4n) is 1.92. The molecule has 1 aromatic heterocycles. The summed E-state index contributed by atoms with van der Waals surface area (Å²) in [5.41, 5.74) is 0.131. The Bertz CT molecular complexity index is 647. The van der Waals surface area contributed by atoms with Gasteiger partial charge in [-0.25, -0.2) is 4.98 Å². The van der Waals surface area contributed by atoms with Crippen molar-refractivity contribution >= 4 is 26.8 Å². The number of aryl methyl sites for hydroxylation is 1. The van der Waals surface area contributed by atoms with Crippen LogP contribution >= 0.6 is 0 Å². The van der Waals surface area contributed by atoms with Crippen LogP contribution in [0.5, 0.6) is 0 Å². The average molecular weight is 281 g/mol. The molecule has 0 N–H and O–H groups in total. The number of hydrogen-bond acceptors (Lipinski definition) is 2. The maximum absolute atomic E-state index is 13.3. The van der Waals surface area contributed by atoms with Gasteiger partial charge in [0.2, 0.25) is 0 Å². The molecule has 0 bridgehead atoms. The summed E-state index contributed by atoms with van der Waals surface area (Å²) in [5, 5.41) is -1.27. The Balaban J connectivity index is 2.57. The zero-order valence-corrected chi connectivity index (χ0v) is 12.2. The summed E-state index contributed by atoms with van der Waals surface area (Å²) in [5.74, 6) is 0.112. The van der Waals surface area contributed by atoms with Gasteiger partial charge in [-0.3, -0.25) is 0 Å². The standard InChI is InChI=1S/C13H16B2F3NO/c1-7-4-5-8-9(6-7)20-10(19-8)12(14,15)11(2,3)13(16,17)18/h4-6H,14-15H2,1-3H3. The lowest BCUT2D eigenvalue weighted by Gasteiger charge is -2.40. The van der Waals surface area contributed by atoms with Gasteiger partial charge in [0.25, 0.3) is 0 Å². The van der Waals surface area contributed by atoms with E-state index in [0.29, 0.717) is 11.1 Å². The van der Waals surface area contributed by atoms with Crippen molar-refractivity contribution in [3.8, 4) is 0 Å². The Hall–Kier alpha value is -1.39. The van der Waals surface area contributed by atoms with E-state index >= 15 is 0 Å². The molecule has 0 aliphatic heterocycles. The number of aromatic nitrogens is 1. The van der Waals surface area contributed by atoms with Gasteiger partial charge in [-0.1, -0.05) is 19.9 Å². The predicted molar refractivity (Wildman–Crippen MR) is 77.3 cm³/mol. The lowest BCUT2D eigenvalue weighted by Crippen LogP contribution is -2.52. The van der Waals surface area contributed by atoms with Crippen molar-refractivity contribution in [3.63, 3.8) is 0 Å². The summed E-state index contributed by atoms with van der Waals surface area (Å²) in [6.45, 7) is 4.24. The van der Waals surface area contributed by atoms with Gasteiger partial charge in [-0.05, 0) is 24.6 Å². The number of rotatable bonds is 2. The van der Waals surface area contributed by atoms with Gasteiger partial charge in [0.15, 0.2) is 11.5 Å². The van der Waals surface area contributed by atoms with E-state index in [1.54, 1.807) is 12.1 Å². The third kappa shape index (κ3) is 2.13. The third-order valence-corrected chi connectivity index (χ3v) is 4.35. The van der Waals surface area contributed by atoms with Gasteiger partial charge in [0.05, 0.1) is 5.41 Å². The van der Waals surface area contributed by atoms with Crippen LogP contribution in [0.3, 0.4) is 0 Å². The van der Waals surface area contributed by atoms with Gasteiger partial charge in [0.1, 0.15) is 21.2 Å². The Morgan fingerprint density at radius 2 is 1.75 bits per heavy atom. The molecular weight excluding hydrogens is 265 g/mol. The van der Waals surface area contributed by atoms with E-state index in [1.807, 2.05) is 13.0 Å². The molecule has 0 aliphatic rings. The summed E-state index contributed by atoms with van der Waals surface area (Å²) in [6.07, 6.45) is -4.34. The van der Waals surface area contributed by atoms with E-state index in [2.05, 4.69) is 4.98 Å². The van der Waals surface area contributed by atoms with E-state index in [1.165, 1.54) is 29.5 Å².